The third-order valence-electron chi connectivity index (χ3n) is 6.38. The Balaban J connectivity index is 1.72. The van der Waals surface area contributed by atoms with Crippen molar-refractivity contribution in [3.8, 4) is 23.0 Å². The minimum absolute atomic E-state index is 0.0341. The van der Waals surface area contributed by atoms with E-state index in [0.717, 1.165) is 11.1 Å². The number of amides is 1. The lowest BCUT2D eigenvalue weighted by molar-refractivity contribution is -0.122. The van der Waals surface area contributed by atoms with Crippen LogP contribution in [-0.4, -0.2) is 54.2 Å². The molecule has 0 bridgehead atoms. The van der Waals surface area contributed by atoms with Crippen molar-refractivity contribution < 1.29 is 32.2 Å². The molecule has 4 rings (SSSR count). The van der Waals surface area contributed by atoms with Crippen LogP contribution in [0.2, 0.25) is 0 Å². The highest BCUT2D eigenvalue weighted by molar-refractivity contribution is 7.89. The van der Waals surface area contributed by atoms with Crippen molar-refractivity contribution in [1.82, 2.24) is 4.90 Å². The average Bonchev–Trinajstić information content (AvgIpc) is 3.25. The molecule has 9 nitrogen and oxygen atoms in total. The Hall–Kier alpha value is -4.28. The quantitative estimate of drug-likeness (QED) is 0.381. The van der Waals surface area contributed by atoms with Crippen LogP contribution in [0.15, 0.2) is 77.2 Å². The summed E-state index contributed by atoms with van der Waals surface area (Å²) in [6.45, 7) is 0.348. The van der Waals surface area contributed by atoms with Crippen LogP contribution in [0.1, 0.15) is 16.7 Å². The molecule has 0 aromatic heterocycles. The molecule has 0 saturated heterocycles. The SMILES string of the molecule is COc1ccc(OC)c(/C=C2/C=C(c3ccc(OC)c(OC)c3)N(CCc3ccc(S(N)(=O)=O)cc3)C2=O)c1. The Bertz CT molecular complexity index is 1540. The summed E-state index contributed by atoms with van der Waals surface area (Å²) in [7, 11) is 2.47. The van der Waals surface area contributed by atoms with Crippen LogP contribution < -0.4 is 24.1 Å². The first kappa shape index (κ1) is 27.7. The smallest absolute Gasteiger partial charge is 0.258 e. The molecule has 204 valence electrons. The maximum Gasteiger partial charge on any atom is 0.258 e. The predicted octanol–water partition coefficient (Wildman–Crippen LogP) is 3.88. The van der Waals surface area contributed by atoms with Crippen LogP contribution in [0.5, 0.6) is 23.0 Å². The lowest BCUT2D eigenvalue weighted by Crippen LogP contribution is -2.27. The fourth-order valence-corrected chi connectivity index (χ4v) is 4.83. The van der Waals surface area contributed by atoms with Crippen molar-refractivity contribution in [1.29, 1.82) is 0 Å². The number of carbonyl (C=O) groups excluding carboxylic acids is 1. The van der Waals surface area contributed by atoms with Crippen molar-refractivity contribution in [2.45, 2.75) is 11.3 Å². The summed E-state index contributed by atoms with van der Waals surface area (Å²) < 4.78 is 44.9. The van der Waals surface area contributed by atoms with Gasteiger partial charge in [0.15, 0.2) is 11.5 Å². The Kier molecular flexibility index (Phi) is 8.27. The molecule has 1 amide bonds. The highest BCUT2D eigenvalue weighted by Crippen LogP contribution is 2.37. The molecule has 0 fully saturated rings. The Morgan fingerprint density at radius 2 is 1.49 bits per heavy atom. The standard InChI is InChI=1S/C29H30N2O7S/c1-35-23-8-12-26(36-2)21(16-23)15-22-17-25(20-7-11-27(37-3)28(18-20)38-4)31(29(22)32)14-13-19-5-9-24(10-6-19)39(30,33)34/h5-12,15-18H,13-14H2,1-4H3,(H2,30,33,34)/b22-15-. The maximum atomic E-state index is 13.7. The van der Waals surface area contributed by atoms with E-state index in [2.05, 4.69) is 0 Å². The lowest BCUT2D eigenvalue weighted by atomic mass is 10.1. The second kappa shape index (κ2) is 11.6. The summed E-state index contributed by atoms with van der Waals surface area (Å²) >= 11 is 0. The van der Waals surface area contributed by atoms with Gasteiger partial charge in [0.05, 0.1) is 39.0 Å². The topological polar surface area (TPSA) is 117 Å². The van der Waals surface area contributed by atoms with Gasteiger partial charge in [-0.25, -0.2) is 13.6 Å². The van der Waals surface area contributed by atoms with Crippen molar-refractivity contribution >= 4 is 27.7 Å². The molecule has 1 heterocycles. The lowest BCUT2D eigenvalue weighted by Gasteiger charge is -2.21. The van der Waals surface area contributed by atoms with E-state index in [1.807, 2.05) is 18.2 Å². The number of carbonyl (C=O) groups is 1. The molecule has 1 aliphatic heterocycles. The number of benzene rings is 3. The Labute approximate surface area is 228 Å². The van der Waals surface area contributed by atoms with Crippen LogP contribution in [0.25, 0.3) is 11.8 Å². The van der Waals surface area contributed by atoms with Crippen LogP contribution >= 0.6 is 0 Å². The third-order valence-corrected chi connectivity index (χ3v) is 7.31. The summed E-state index contributed by atoms with van der Waals surface area (Å²) in [5, 5.41) is 5.21. The number of nitrogens with two attached hydrogens (primary N) is 1. The Morgan fingerprint density at radius 1 is 0.821 bits per heavy atom. The van der Waals surface area contributed by atoms with E-state index in [1.54, 1.807) is 75.8 Å². The van der Waals surface area contributed by atoms with E-state index in [1.165, 1.54) is 12.1 Å². The Morgan fingerprint density at radius 3 is 2.10 bits per heavy atom. The first-order chi connectivity index (χ1) is 18.7. The number of methoxy groups -OCH3 is 4. The fourth-order valence-electron chi connectivity index (χ4n) is 4.32. The molecule has 0 atom stereocenters. The van der Waals surface area contributed by atoms with Crippen LogP contribution in [-0.2, 0) is 21.2 Å². The van der Waals surface area contributed by atoms with E-state index in [0.29, 0.717) is 52.8 Å². The van der Waals surface area contributed by atoms with Gasteiger partial charge in [-0.2, -0.15) is 0 Å². The molecule has 0 spiro atoms. The highest BCUT2D eigenvalue weighted by atomic mass is 32.2. The zero-order valence-electron chi connectivity index (χ0n) is 22.1. The van der Waals surface area contributed by atoms with Gasteiger partial charge in [0.1, 0.15) is 11.5 Å². The van der Waals surface area contributed by atoms with Gasteiger partial charge in [0, 0.05) is 23.2 Å². The molecular formula is C29H30N2O7S. The second-order valence-electron chi connectivity index (χ2n) is 8.70. The number of sulfonamides is 1. The predicted molar refractivity (Wildman–Crippen MR) is 148 cm³/mol. The highest BCUT2D eigenvalue weighted by Gasteiger charge is 2.29. The van der Waals surface area contributed by atoms with Crippen molar-refractivity contribution in [3.05, 3.63) is 89.0 Å². The molecular weight excluding hydrogens is 520 g/mol. The molecule has 3 aromatic rings. The summed E-state index contributed by atoms with van der Waals surface area (Å²) in [6, 6.07) is 17.2. The van der Waals surface area contributed by atoms with Gasteiger partial charge in [-0.05, 0) is 72.7 Å². The van der Waals surface area contributed by atoms with Gasteiger partial charge in [-0.15, -0.1) is 0 Å². The average molecular weight is 551 g/mol. The minimum atomic E-state index is -3.79. The molecule has 1 aliphatic rings. The van der Waals surface area contributed by atoms with Gasteiger partial charge in [0.25, 0.3) is 5.91 Å². The molecule has 3 aromatic carbocycles. The zero-order valence-corrected chi connectivity index (χ0v) is 22.9. The summed E-state index contributed by atoms with van der Waals surface area (Å²) in [5.74, 6) is 2.16. The summed E-state index contributed by atoms with van der Waals surface area (Å²) in [6.07, 6.45) is 4.08. The molecule has 39 heavy (non-hydrogen) atoms. The van der Waals surface area contributed by atoms with Gasteiger partial charge in [0.2, 0.25) is 10.0 Å². The van der Waals surface area contributed by atoms with E-state index in [9.17, 15) is 13.2 Å². The largest absolute Gasteiger partial charge is 0.497 e. The van der Waals surface area contributed by atoms with Crippen molar-refractivity contribution in [2.75, 3.05) is 35.0 Å². The number of rotatable bonds is 10. The summed E-state index contributed by atoms with van der Waals surface area (Å²) in [4.78, 5) is 15.4. The molecule has 0 radical (unpaired) electrons. The van der Waals surface area contributed by atoms with Gasteiger partial charge in [-0.3, -0.25) is 4.79 Å². The fraction of sp³-hybridized carbons (Fsp3) is 0.207. The molecule has 0 aliphatic carbocycles. The molecule has 2 N–H and O–H groups in total. The van der Waals surface area contributed by atoms with E-state index in [-0.39, 0.29) is 10.8 Å². The van der Waals surface area contributed by atoms with Gasteiger partial charge >= 0.3 is 0 Å². The second-order valence-corrected chi connectivity index (χ2v) is 10.3. The normalized spacial score (nSPS) is 14.4. The maximum absolute atomic E-state index is 13.7. The number of ether oxygens (including phenoxy) is 4. The number of nitrogens with zero attached hydrogens (tertiary/aromatic N) is 1. The van der Waals surface area contributed by atoms with E-state index in [4.69, 9.17) is 24.1 Å². The minimum Gasteiger partial charge on any atom is -0.497 e. The van der Waals surface area contributed by atoms with E-state index < -0.39 is 10.0 Å². The number of hydrogen-bond donors (Lipinski definition) is 1. The zero-order chi connectivity index (χ0) is 28.2. The van der Waals surface area contributed by atoms with Crippen molar-refractivity contribution in [3.63, 3.8) is 0 Å². The van der Waals surface area contributed by atoms with Gasteiger partial charge < -0.3 is 23.8 Å². The van der Waals surface area contributed by atoms with Crippen LogP contribution in [0.3, 0.4) is 0 Å². The third kappa shape index (κ3) is 6.08. The molecule has 0 saturated carbocycles. The molecule has 10 heteroatoms. The first-order valence-electron chi connectivity index (χ1n) is 12.0. The van der Waals surface area contributed by atoms with Crippen LogP contribution in [0.4, 0.5) is 0 Å². The first-order valence-corrected chi connectivity index (χ1v) is 13.5. The van der Waals surface area contributed by atoms with Gasteiger partial charge in [-0.1, -0.05) is 12.1 Å². The molecule has 0 unspecified atom stereocenters. The van der Waals surface area contributed by atoms with Crippen LogP contribution in [0, 0.1) is 0 Å². The summed E-state index contributed by atoms with van der Waals surface area (Å²) in [5.41, 5.74) is 3.48. The number of primary sulfonamides is 1. The van der Waals surface area contributed by atoms with E-state index >= 15 is 0 Å². The van der Waals surface area contributed by atoms with Crippen molar-refractivity contribution in [2.24, 2.45) is 5.14 Å². The monoisotopic (exact) mass is 550 g/mol. The number of hydrogen-bond acceptors (Lipinski definition) is 7.